The van der Waals surface area contributed by atoms with Crippen molar-refractivity contribution in [3.8, 4) is 0 Å². The minimum Gasteiger partial charge on any atom is -0.400 e. The Morgan fingerprint density at radius 1 is 1.27 bits per heavy atom. The zero-order valence-corrected chi connectivity index (χ0v) is 8.21. The van der Waals surface area contributed by atoms with Crippen LogP contribution in [0.2, 0.25) is 0 Å². The van der Waals surface area contributed by atoms with Gasteiger partial charge in [0.15, 0.2) is 0 Å². The van der Waals surface area contributed by atoms with Gasteiger partial charge in [-0.3, -0.25) is 0 Å². The summed E-state index contributed by atoms with van der Waals surface area (Å²) in [4.78, 5) is 0. The predicted octanol–water partition coefficient (Wildman–Crippen LogP) is 2.77. The minimum atomic E-state index is -0.0405. The first-order valence-electron chi connectivity index (χ1n) is 3.73. The molecule has 62 valence electrons. The lowest BCUT2D eigenvalue weighted by atomic mass is 9.85. The van der Waals surface area contributed by atoms with Gasteiger partial charge in [-0.2, -0.15) is 0 Å². The fourth-order valence-corrected chi connectivity index (χ4v) is 1.69. The molecule has 0 radical (unpaired) electrons. The lowest BCUT2D eigenvalue weighted by Gasteiger charge is -2.21. The van der Waals surface area contributed by atoms with Crippen LogP contribution < -0.4 is 5.73 Å². The van der Waals surface area contributed by atoms with Crippen LogP contribution in [0.4, 0.5) is 0 Å². The van der Waals surface area contributed by atoms with Gasteiger partial charge in [0.25, 0.3) is 0 Å². The van der Waals surface area contributed by atoms with Crippen LogP contribution >= 0.6 is 11.6 Å². The van der Waals surface area contributed by atoms with E-state index in [-0.39, 0.29) is 5.41 Å². The predicted molar refractivity (Wildman–Crippen MR) is 49.2 cm³/mol. The highest BCUT2D eigenvalue weighted by Gasteiger charge is 2.33. The van der Waals surface area contributed by atoms with Crippen molar-refractivity contribution >= 4 is 11.6 Å². The first-order chi connectivity index (χ1) is 4.89. The van der Waals surface area contributed by atoms with Crippen molar-refractivity contribution in [3.05, 3.63) is 21.9 Å². The van der Waals surface area contributed by atoms with Crippen LogP contribution in [0.25, 0.3) is 0 Å². The van der Waals surface area contributed by atoms with Gasteiger partial charge >= 0.3 is 0 Å². The van der Waals surface area contributed by atoms with E-state index in [0.29, 0.717) is 0 Å². The Hall–Kier alpha value is -0.430. The molecule has 0 aromatic rings. The van der Waals surface area contributed by atoms with Crippen molar-refractivity contribution in [1.82, 2.24) is 0 Å². The lowest BCUT2D eigenvalue weighted by Crippen LogP contribution is -2.19. The van der Waals surface area contributed by atoms with Crippen LogP contribution in [0, 0.1) is 5.41 Å². The van der Waals surface area contributed by atoms with Gasteiger partial charge in [0, 0.05) is 11.1 Å². The van der Waals surface area contributed by atoms with Gasteiger partial charge < -0.3 is 5.73 Å². The Balaban J connectivity index is 3.27. The summed E-state index contributed by atoms with van der Waals surface area (Å²) in [6.07, 6.45) is 0. The zero-order valence-electron chi connectivity index (χ0n) is 7.46. The summed E-state index contributed by atoms with van der Waals surface area (Å²) in [6, 6.07) is 0. The fraction of sp³-hybridized carbons (Fsp3) is 0.556. The zero-order chi connectivity index (χ0) is 8.81. The number of halogens is 1. The van der Waals surface area contributed by atoms with Crippen LogP contribution in [-0.4, -0.2) is 0 Å². The van der Waals surface area contributed by atoms with Gasteiger partial charge in [0.2, 0.25) is 0 Å². The van der Waals surface area contributed by atoms with E-state index >= 15 is 0 Å². The Labute approximate surface area is 72.9 Å². The summed E-state index contributed by atoms with van der Waals surface area (Å²) >= 11 is 5.99. The Morgan fingerprint density at radius 3 is 1.82 bits per heavy atom. The molecular formula is C9H14ClN. The number of rotatable bonds is 0. The van der Waals surface area contributed by atoms with E-state index in [2.05, 4.69) is 20.8 Å². The Kier molecular flexibility index (Phi) is 1.79. The van der Waals surface area contributed by atoms with E-state index < -0.39 is 0 Å². The third-order valence-corrected chi connectivity index (χ3v) is 3.23. The fourth-order valence-electron chi connectivity index (χ4n) is 1.31. The monoisotopic (exact) mass is 171 g/mol. The topological polar surface area (TPSA) is 26.0 Å². The number of nitrogens with two attached hydrogens (primary N) is 1. The molecule has 0 saturated heterocycles. The Morgan fingerprint density at radius 2 is 1.73 bits per heavy atom. The summed E-state index contributed by atoms with van der Waals surface area (Å²) in [7, 11) is 0. The van der Waals surface area contributed by atoms with Crippen LogP contribution in [0.15, 0.2) is 21.9 Å². The summed E-state index contributed by atoms with van der Waals surface area (Å²) in [5.41, 5.74) is 9.01. The minimum absolute atomic E-state index is 0.0405. The van der Waals surface area contributed by atoms with Crippen LogP contribution in [0.1, 0.15) is 27.7 Å². The second kappa shape index (κ2) is 2.28. The maximum absolute atomic E-state index is 5.99. The molecule has 0 aliphatic heterocycles. The van der Waals surface area contributed by atoms with Crippen molar-refractivity contribution in [3.63, 3.8) is 0 Å². The van der Waals surface area contributed by atoms with Crippen molar-refractivity contribution < 1.29 is 0 Å². The number of hydrogen-bond donors (Lipinski definition) is 1. The molecule has 0 fully saturated rings. The molecule has 0 saturated carbocycles. The SMILES string of the molecule is CC1=C(C)C(C)(C)C(N)=C1Cl. The molecular weight excluding hydrogens is 158 g/mol. The smallest absolute Gasteiger partial charge is 0.0631 e. The van der Waals surface area contributed by atoms with Gasteiger partial charge in [-0.05, 0) is 19.4 Å². The summed E-state index contributed by atoms with van der Waals surface area (Å²) in [5.74, 6) is 0. The molecule has 0 unspecified atom stereocenters. The quantitative estimate of drug-likeness (QED) is 0.596. The van der Waals surface area contributed by atoms with E-state index in [1.807, 2.05) is 6.92 Å². The van der Waals surface area contributed by atoms with Crippen molar-refractivity contribution in [2.24, 2.45) is 11.1 Å². The molecule has 11 heavy (non-hydrogen) atoms. The summed E-state index contributed by atoms with van der Waals surface area (Å²) in [6.45, 7) is 8.28. The molecule has 0 aromatic carbocycles. The van der Waals surface area contributed by atoms with Gasteiger partial charge in [-0.1, -0.05) is 31.0 Å². The molecule has 0 spiro atoms. The molecule has 1 rings (SSSR count). The average molecular weight is 172 g/mol. The van der Waals surface area contributed by atoms with E-state index in [9.17, 15) is 0 Å². The third-order valence-electron chi connectivity index (χ3n) is 2.74. The third kappa shape index (κ3) is 0.987. The van der Waals surface area contributed by atoms with Crippen LogP contribution in [-0.2, 0) is 0 Å². The highest BCUT2D eigenvalue weighted by molar-refractivity contribution is 6.32. The van der Waals surface area contributed by atoms with E-state index in [0.717, 1.165) is 16.3 Å². The standard InChI is InChI=1S/C9H14ClN/c1-5-6(2)9(3,4)8(11)7(5)10/h11H2,1-4H3. The largest absolute Gasteiger partial charge is 0.400 e. The molecule has 1 aliphatic carbocycles. The first-order valence-corrected chi connectivity index (χ1v) is 4.11. The van der Waals surface area contributed by atoms with Crippen LogP contribution in [0.5, 0.6) is 0 Å². The van der Waals surface area contributed by atoms with Gasteiger partial charge in [0.05, 0.1) is 5.03 Å². The maximum Gasteiger partial charge on any atom is 0.0631 e. The molecule has 2 heteroatoms. The van der Waals surface area contributed by atoms with E-state index in [1.54, 1.807) is 0 Å². The van der Waals surface area contributed by atoms with Crippen molar-refractivity contribution in [1.29, 1.82) is 0 Å². The van der Waals surface area contributed by atoms with E-state index in [1.165, 1.54) is 5.57 Å². The highest BCUT2D eigenvalue weighted by atomic mass is 35.5. The second-order valence-corrected chi connectivity index (χ2v) is 3.98. The number of allylic oxidation sites excluding steroid dienone is 3. The van der Waals surface area contributed by atoms with Crippen molar-refractivity contribution in [2.75, 3.05) is 0 Å². The van der Waals surface area contributed by atoms with Gasteiger partial charge in [-0.15, -0.1) is 0 Å². The lowest BCUT2D eigenvalue weighted by molar-refractivity contribution is 0.541. The summed E-state index contributed by atoms with van der Waals surface area (Å²) < 4.78 is 0. The molecule has 2 N–H and O–H groups in total. The molecule has 0 heterocycles. The van der Waals surface area contributed by atoms with Crippen molar-refractivity contribution in [2.45, 2.75) is 27.7 Å². The number of hydrogen-bond acceptors (Lipinski definition) is 1. The Bertz CT molecular complexity index is 233. The molecule has 0 amide bonds. The molecule has 0 aromatic heterocycles. The maximum atomic E-state index is 5.99. The summed E-state index contributed by atoms with van der Waals surface area (Å²) in [5, 5.41) is 0.743. The normalized spacial score (nSPS) is 23.4. The van der Waals surface area contributed by atoms with Gasteiger partial charge in [0.1, 0.15) is 0 Å². The average Bonchev–Trinajstić information content (AvgIpc) is 2.06. The van der Waals surface area contributed by atoms with E-state index in [4.69, 9.17) is 17.3 Å². The highest BCUT2D eigenvalue weighted by Crippen LogP contribution is 2.44. The first kappa shape index (κ1) is 8.66. The molecule has 1 nitrogen and oxygen atoms in total. The molecule has 1 aliphatic rings. The second-order valence-electron chi connectivity index (χ2n) is 3.60. The van der Waals surface area contributed by atoms with Crippen LogP contribution in [0.3, 0.4) is 0 Å². The molecule has 0 bridgehead atoms. The molecule has 0 atom stereocenters. The van der Waals surface area contributed by atoms with Gasteiger partial charge in [-0.25, -0.2) is 0 Å².